The number of anilines is 1. The Bertz CT molecular complexity index is 1100. The van der Waals surface area contributed by atoms with Crippen LogP contribution in [0.2, 0.25) is 0 Å². The number of nitrogens with one attached hydrogen (secondary N) is 1. The maximum absolute atomic E-state index is 12.2. The van der Waals surface area contributed by atoms with Crippen LogP contribution in [0.15, 0.2) is 63.8 Å². The molecule has 10 heteroatoms. The average molecular weight is 425 g/mol. The topological polar surface area (TPSA) is 103 Å². The molecule has 146 valence electrons. The first-order chi connectivity index (χ1) is 14.2. The van der Waals surface area contributed by atoms with Crippen molar-refractivity contribution in [3.05, 3.63) is 54.2 Å². The molecule has 0 aliphatic carbocycles. The van der Waals surface area contributed by atoms with Gasteiger partial charge in [-0.2, -0.15) is 0 Å². The first-order valence-electron chi connectivity index (χ1n) is 8.48. The highest BCUT2D eigenvalue weighted by atomic mass is 32.2. The standard InChI is InChI=1S/C19H15N5O3S2/c1-26-14-4-2-12(3-5-14)15-10-28-18(21-15)22-16(25)11-29-19-24-23-17(27-19)13-6-8-20-9-7-13/h2-10H,11H2,1H3,(H,21,22,25). The number of hydrogen-bond donors (Lipinski definition) is 1. The Balaban J connectivity index is 1.32. The summed E-state index contributed by atoms with van der Waals surface area (Å²) in [4.78, 5) is 20.6. The second kappa shape index (κ2) is 8.84. The molecule has 0 saturated heterocycles. The van der Waals surface area contributed by atoms with Crippen LogP contribution in [0, 0.1) is 0 Å². The van der Waals surface area contributed by atoms with Gasteiger partial charge in [-0.15, -0.1) is 21.5 Å². The van der Waals surface area contributed by atoms with Crippen LogP contribution in [0.25, 0.3) is 22.7 Å². The smallest absolute Gasteiger partial charge is 0.277 e. The number of carbonyl (C=O) groups is 1. The van der Waals surface area contributed by atoms with E-state index in [0.29, 0.717) is 16.2 Å². The van der Waals surface area contributed by atoms with Crippen LogP contribution in [0.1, 0.15) is 0 Å². The molecule has 0 atom stereocenters. The minimum absolute atomic E-state index is 0.134. The van der Waals surface area contributed by atoms with Gasteiger partial charge < -0.3 is 14.5 Å². The molecule has 0 radical (unpaired) electrons. The molecule has 8 nitrogen and oxygen atoms in total. The van der Waals surface area contributed by atoms with Gasteiger partial charge in [-0.05, 0) is 36.4 Å². The lowest BCUT2D eigenvalue weighted by atomic mass is 10.2. The van der Waals surface area contributed by atoms with Crippen molar-refractivity contribution in [2.24, 2.45) is 0 Å². The molecule has 4 rings (SSSR count). The van der Waals surface area contributed by atoms with Gasteiger partial charge in [0.05, 0.1) is 18.6 Å². The van der Waals surface area contributed by atoms with Crippen molar-refractivity contribution in [2.75, 3.05) is 18.2 Å². The predicted molar refractivity (Wildman–Crippen MR) is 111 cm³/mol. The Hall–Kier alpha value is -3.24. The van der Waals surface area contributed by atoms with E-state index in [-0.39, 0.29) is 11.7 Å². The van der Waals surface area contributed by atoms with E-state index in [4.69, 9.17) is 9.15 Å². The molecule has 0 aliphatic rings. The van der Waals surface area contributed by atoms with Gasteiger partial charge in [0, 0.05) is 28.9 Å². The van der Waals surface area contributed by atoms with E-state index >= 15 is 0 Å². The van der Waals surface area contributed by atoms with E-state index in [1.807, 2.05) is 29.6 Å². The van der Waals surface area contributed by atoms with Gasteiger partial charge >= 0.3 is 0 Å². The number of thiazole rings is 1. The van der Waals surface area contributed by atoms with Crippen LogP contribution in [-0.2, 0) is 4.79 Å². The molecule has 3 aromatic heterocycles. The zero-order valence-corrected chi connectivity index (χ0v) is 16.9. The van der Waals surface area contributed by atoms with Crippen molar-refractivity contribution in [3.63, 3.8) is 0 Å². The third kappa shape index (κ3) is 4.79. The van der Waals surface area contributed by atoms with E-state index in [1.165, 1.54) is 23.1 Å². The highest BCUT2D eigenvalue weighted by Crippen LogP contribution is 2.27. The lowest BCUT2D eigenvalue weighted by Gasteiger charge is -2.01. The maximum atomic E-state index is 12.2. The molecule has 0 unspecified atom stereocenters. The number of amides is 1. The monoisotopic (exact) mass is 425 g/mol. The van der Waals surface area contributed by atoms with Crippen molar-refractivity contribution >= 4 is 34.1 Å². The van der Waals surface area contributed by atoms with Crippen LogP contribution in [0.3, 0.4) is 0 Å². The molecule has 0 fully saturated rings. The van der Waals surface area contributed by atoms with Gasteiger partial charge in [-0.1, -0.05) is 11.8 Å². The maximum Gasteiger partial charge on any atom is 0.277 e. The largest absolute Gasteiger partial charge is 0.497 e. The van der Waals surface area contributed by atoms with Gasteiger partial charge in [0.25, 0.3) is 5.22 Å². The quantitative estimate of drug-likeness (QED) is 0.443. The summed E-state index contributed by atoms with van der Waals surface area (Å²) < 4.78 is 10.7. The Morgan fingerprint density at radius 1 is 1.14 bits per heavy atom. The summed E-state index contributed by atoms with van der Waals surface area (Å²) in [6.45, 7) is 0. The van der Waals surface area contributed by atoms with Crippen molar-refractivity contribution in [2.45, 2.75) is 5.22 Å². The van der Waals surface area contributed by atoms with Crippen molar-refractivity contribution in [1.82, 2.24) is 20.2 Å². The van der Waals surface area contributed by atoms with Gasteiger partial charge in [-0.3, -0.25) is 9.78 Å². The van der Waals surface area contributed by atoms with Gasteiger partial charge in [0.15, 0.2) is 5.13 Å². The molecular formula is C19H15N5O3S2. The summed E-state index contributed by atoms with van der Waals surface area (Å²) in [5.74, 6) is 1.10. The minimum atomic E-state index is -0.200. The zero-order chi connectivity index (χ0) is 20.1. The fourth-order valence-corrected chi connectivity index (χ4v) is 3.69. The molecule has 1 aromatic carbocycles. The number of aromatic nitrogens is 4. The molecule has 1 amide bonds. The van der Waals surface area contributed by atoms with E-state index in [0.717, 1.165) is 22.6 Å². The second-order valence-corrected chi connectivity index (χ2v) is 7.50. The fourth-order valence-electron chi connectivity index (χ4n) is 2.39. The molecule has 0 saturated carbocycles. The lowest BCUT2D eigenvalue weighted by Crippen LogP contribution is -2.13. The summed E-state index contributed by atoms with van der Waals surface area (Å²) in [5.41, 5.74) is 2.52. The Morgan fingerprint density at radius 2 is 1.93 bits per heavy atom. The number of thioether (sulfide) groups is 1. The van der Waals surface area contributed by atoms with E-state index in [1.54, 1.807) is 31.6 Å². The molecule has 0 spiro atoms. The Labute approximate surface area is 174 Å². The van der Waals surface area contributed by atoms with Crippen LogP contribution in [0.5, 0.6) is 5.75 Å². The highest BCUT2D eigenvalue weighted by molar-refractivity contribution is 7.99. The van der Waals surface area contributed by atoms with E-state index in [2.05, 4.69) is 25.5 Å². The summed E-state index contributed by atoms with van der Waals surface area (Å²) in [6.07, 6.45) is 3.29. The molecule has 0 bridgehead atoms. The molecule has 1 N–H and O–H groups in total. The number of hydrogen-bond acceptors (Lipinski definition) is 9. The summed E-state index contributed by atoms with van der Waals surface area (Å²) >= 11 is 2.53. The number of rotatable bonds is 7. The third-order valence-corrected chi connectivity index (χ3v) is 5.37. The third-order valence-electron chi connectivity index (χ3n) is 3.80. The molecule has 29 heavy (non-hydrogen) atoms. The predicted octanol–water partition coefficient (Wildman–Crippen LogP) is 3.99. The van der Waals surface area contributed by atoms with Crippen LogP contribution in [-0.4, -0.2) is 38.9 Å². The van der Waals surface area contributed by atoms with Crippen LogP contribution < -0.4 is 10.1 Å². The first kappa shape index (κ1) is 19.1. The zero-order valence-electron chi connectivity index (χ0n) is 15.2. The number of nitrogens with zero attached hydrogens (tertiary/aromatic N) is 4. The first-order valence-corrected chi connectivity index (χ1v) is 10.3. The van der Waals surface area contributed by atoms with Crippen LogP contribution >= 0.6 is 23.1 Å². The van der Waals surface area contributed by atoms with Crippen molar-refractivity contribution in [3.8, 4) is 28.5 Å². The summed E-state index contributed by atoms with van der Waals surface area (Å²) in [6, 6.07) is 11.1. The van der Waals surface area contributed by atoms with Crippen molar-refractivity contribution in [1.29, 1.82) is 0 Å². The fraction of sp³-hybridized carbons (Fsp3) is 0.105. The van der Waals surface area contributed by atoms with Crippen molar-refractivity contribution < 1.29 is 13.9 Å². The van der Waals surface area contributed by atoms with Gasteiger partial charge in [0.2, 0.25) is 11.8 Å². The summed E-state index contributed by atoms with van der Waals surface area (Å²) in [5, 5.41) is 13.5. The molecule has 3 heterocycles. The number of pyridine rings is 1. The minimum Gasteiger partial charge on any atom is -0.497 e. The van der Waals surface area contributed by atoms with Gasteiger partial charge in [0.1, 0.15) is 5.75 Å². The molecule has 0 aliphatic heterocycles. The Kier molecular flexibility index (Phi) is 5.82. The second-order valence-electron chi connectivity index (χ2n) is 5.71. The molecule has 4 aromatic rings. The van der Waals surface area contributed by atoms with Gasteiger partial charge in [-0.25, -0.2) is 4.98 Å². The number of methoxy groups -OCH3 is 1. The summed E-state index contributed by atoms with van der Waals surface area (Å²) in [7, 11) is 1.62. The Morgan fingerprint density at radius 3 is 2.69 bits per heavy atom. The SMILES string of the molecule is COc1ccc(-c2csc(NC(=O)CSc3nnc(-c4ccncc4)o3)n2)cc1. The number of benzene rings is 1. The van der Waals surface area contributed by atoms with E-state index < -0.39 is 0 Å². The molecular weight excluding hydrogens is 410 g/mol. The van der Waals surface area contributed by atoms with E-state index in [9.17, 15) is 4.79 Å². The van der Waals surface area contributed by atoms with Crippen LogP contribution in [0.4, 0.5) is 5.13 Å². The normalized spacial score (nSPS) is 10.7. The highest BCUT2D eigenvalue weighted by Gasteiger charge is 2.13. The number of carbonyl (C=O) groups excluding carboxylic acids is 1. The average Bonchev–Trinajstić information content (AvgIpc) is 3.43. The number of ether oxygens (including phenoxy) is 1. The lowest BCUT2D eigenvalue weighted by molar-refractivity contribution is -0.113.